The molecule has 0 aliphatic rings. The van der Waals surface area contributed by atoms with Crippen molar-refractivity contribution in [3.05, 3.63) is 0 Å². The third kappa shape index (κ3) is 4.12. The molecular formula is C6H2ClF9O4S. The van der Waals surface area contributed by atoms with Crippen LogP contribution >= 0.6 is 11.6 Å². The lowest BCUT2D eigenvalue weighted by atomic mass is 10.2. The average Bonchev–Trinajstić information content (AvgIpc) is 2.10. The third-order valence-electron chi connectivity index (χ3n) is 1.69. The fourth-order valence-corrected chi connectivity index (χ4v) is 1.21. The van der Waals surface area contributed by atoms with Gasteiger partial charge in [-0.15, -0.1) is 0 Å². The third-order valence-corrected chi connectivity index (χ3v) is 2.67. The van der Waals surface area contributed by atoms with Gasteiger partial charge < -0.3 is 0 Å². The van der Waals surface area contributed by atoms with Gasteiger partial charge >= 0.3 is 33.6 Å². The Labute approximate surface area is 115 Å². The molecule has 0 saturated heterocycles. The van der Waals surface area contributed by atoms with Crippen LogP contribution in [0.5, 0.6) is 0 Å². The van der Waals surface area contributed by atoms with Crippen LogP contribution < -0.4 is 0 Å². The molecule has 0 aliphatic carbocycles. The van der Waals surface area contributed by atoms with E-state index in [2.05, 4.69) is 11.6 Å². The van der Waals surface area contributed by atoms with Crippen LogP contribution in [0.3, 0.4) is 0 Å². The van der Waals surface area contributed by atoms with Crippen LogP contribution in [-0.4, -0.2) is 37.1 Å². The minimum absolute atomic E-state index is 1.79. The lowest BCUT2D eigenvalue weighted by Gasteiger charge is -2.30. The van der Waals surface area contributed by atoms with Gasteiger partial charge in [-0.05, 0) is 11.6 Å². The van der Waals surface area contributed by atoms with Gasteiger partial charge in [-0.25, -0.2) is 4.74 Å². The van der Waals surface area contributed by atoms with Crippen LogP contribution in [0.25, 0.3) is 0 Å². The van der Waals surface area contributed by atoms with Crippen molar-refractivity contribution < 1.29 is 57.0 Å². The summed E-state index contributed by atoms with van der Waals surface area (Å²) in [7, 11) is -7.48. The number of alkyl halides is 8. The molecule has 0 bridgehead atoms. The van der Waals surface area contributed by atoms with E-state index in [1.54, 1.807) is 4.74 Å². The maximum absolute atomic E-state index is 12.7. The summed E-state index contributed by atoms with van der Waals surface area (Å²) in [6, 6.07) is 0. The topological polar surface area (TPSA) is 60.4 Å². The van der Waals surface area contributed by atoms with Crippen molar-refractivity contribution >= 4 is 27.1 Å². The summed E-state index contributed by atoms with van der Waals surface area (Å²) in [6.07, 6.45) is -15.9. The van der Waals surface area contributed by atoms with Gasteiger partial charge in [0.25, 0.3) is 0 Å². The van der Waals surface area contributed by atoms with E-state index in [0.717, 1.165) is 0 Å². The SMILES string of the molecule is O=C(Cl)CC(F)(F)C(F)(F)OC(F)(F)C(F)(F)S(=O)(=O)F. The van der Waals surface area contributed by atoms with Crippen LogP contribution in [0.2, 0.25) is 0 Å². The Morgan fingerprint density at radius 2 is 1.33 bits per heavy atom. The van der Waals surface area contributed by atoms with Gasteiger partial charge in [0.05, 0.1) is 6.42 Å². The molecule has 0 aromatic carbocycles. The summed E-state index contributed by atoms with van der Waals surface area (Å²) in [6.45, 7) is 0. The van der Waals surface area contributed by atoms with Crippen LogP contribution in [0.4, 0.5) is 39.0 Å². The zero-order chi connectivity index (χ0) is 17.5. The minimum Gasteiger partial charge on any atom is -0.281 e. The molecule has 21 heavy (non-hydrogen) atoms. The molecule has 0 unspecified atom stereocenters. The van der Waals surface area contributed by atoms with Gasteiger partial charge in [0.2, 0.25) is 5.24 Å². The summed E-state index contributed by atoms with van der Waals surface area (Å²) in [5.41, 5.74) is 0. The number of hydrogen-bond donors (Lipinski definition) is 0. The molecule has 15 heteroatoms. The van der Waals surface area contributed by atoms with E-state index >= 15 is 0 Å². The molecule has 4 nitrogen and oxygen atoms in total. The lowest BCUT2D eigenvalue weighted by Crippen LogP contribution is -2.55. The zero-order valence-electron chi connectivity index (χ0n) is 9.03. The number of carbonyl (C=O) groups is 1. The smallest absolute Gasteiger partial charge is 0.281 e. The van der Waals surface area contributed by atoms with E-state index in [1.807, 2.05) is 0 Å². The van der Waals surface area contributed by atoms with Crippen molar-refractivity contribution in [2.45, 2.75) is 29.8 Å². The Kier molecular flexibility index (Phi) is 5.26. The summed E-state index contributed by atoms with van der Waals surface area (Å²) >= 11 is 4.30. The van der Waals surface area contributed by atoms with E-state index in [0.29, 0.717) is 0 Å². The predicted molar refractivity (Wildman–Crippen MR) is 46.4 cm³/mol. The lowest BCUT2D eigenvalue weighted by molar-refractivity contribution is -0.455. The molecule has 0 aliphatic heterocycles. The van der Waals surface area contributed by atoms with E-state index in [9.17, 15) is 52.2 Å². The molecule has 0 radical (unpaired) electrons. The molecule has 0 atom stereocenters. The van der Waals surface area contributed by atoms with E-state index in [4.69, 9.17) is 0 Å². The van der Waals surface area contributed by atoms with E-state index < -0.39 is 45.3 Å². The van der Waals surface area contributed by atoms with E-state index in [1.165, 1.54) is 0 Å². The first kappa shape index (κ1) is 20.2. The Balaban J connectivity index is 5.58. The molecule has 0 saturated carbocycles. The Bertz CT molecular complexity index is 516. The molecule has 126 valence electrons. The van der Waals surface area contributed by atoms with Gasteiger partial charge in [0, 0.05) is 0 Å². The summed E-state index contributed by atoms with van der Waals surface area (Å²) in [5, 5.41) is -9.05. The number of carbonyl (C=O) groups excluding carboxylic acids is 1. The fraction of sp³-hybridized carbons (Fsp3) is 0.833. The number of hydrogen-bond acceptors (Lipinski definition) is 4. The fourth-order valence-electron chi connectivity index (χ4n) is 0.714. The van der Waals surface area contributed by atoms with Gasteiger partial charge in [0.15, 0.2) is 0 Å². The highest BCUT2D eigenvalue weighted by Gasteiger charge is 2.74. The molecule has 0 spiro atoms. The van der Waals surface area contributed by atoms with Crippen molar-refractivity contribution in [1.82, 2.24) is 0 Å². The first-order valence-corrected chi connectivity index (χ1v) is 5.97. The molecule has 0 fully saturated rings. The van der Waals surface area contributed by atoms with Gasteiger partial charge in [0.1, 0.15) is 0 Å². The summed E-state index contributed by atoms with van der Waals surface area (Å²) < 4.78 is 134. The quantitative estimate of drug-likeness (QED) is 0.506. The average molecular weight is 377 g/mol. The molecule has 0 N–H and O–H groups in total. The first-order valence-electron chi connectivity index (χ1n) is 4.21. The zero-order valence-corrected chi connectivity index (χ0v) is 10.6. The Hall–Kier alpha value is -0.760. The molecule has 0 aromatic rings. The number of ether oxygens (including phenoxy) is 1. The van der Waals surface area contributed by atoms with Crippen molar-refractivity contribution in [2.75, 3.05) is 0 Å². The predicted octanol–water partition coefficient (Wildman–Crippen LogP) is 2.87. The van der Waals surface area contributed by atoms with Crippen LogP contribution in [0.1, 0.15) is 6.42 Å². The van der Waals surface area contributed by atoms with Crippen molar-refractivity contribution in [3.8, 4) is 0 Å². The maximum atomic E-state index is 12.7. The molecule has 0 heterocycles. The highest BCUT2D eigenvalue weighted by Crippen LogP contribution is 2.48. The van der Waals surface area contributed by atoms with Crippen molar-refractivity contribution in [3.63, 3.8) is 0 Å². The summed E-state index contributed by atoms with van der Waals surface area (Å²) in [4.78, 5) is 10.0. The number of rotatable bonds is 7. The van der Waals surface area contributed by atoms with Gasteiger partial charge in [-0.1, -0.05) is 3.89 Å². The molecule has 0 rings (SSSR count). The summed E-state index contributed by atoms with van der Waals surface area (Å²) in [5.74, 6) is -5.80. The molecule has 0 amide bonds. The normalized spacial score (nSPS) is 15.1. The standard InChI is InChI=1S/C6H2ClF9O4S/c7-2(17)1-3(8,9)4(10,11)20-5(12,13)6(14,15)21(16,18)19/h1H2. The molecular weight excluding hydrogens is 375 g/mol. The monoisotopic (exact) mass is 376 g/mol. The largest absolute Gasteiger partial charge is 0.464 e. The maximum Gasteiger partial charge on any atom is 0.464 e. The Morgan fingerprint density at radius 3 is 1.62 bits per heavy atom. The van der Waals surface area contributed by atoms with Gasteiger partial charge in [-0.2, -0.15) is 43.5 Å². The van der Waals surface area contributed by atoms with Crippen LogP contribution in [-0.2, 0) is 19.8 Å². The highest BCUT2D eigenvalue weighted by atomic mass is 35.5. The van der Waals surface area contributed by atoms with Crippen molar-refractivity contribution in [1.29, 1.82) is 0 Å². The molecule has 0 aromatic heterocycles. The van der Waals surface area contributed by atoms with Crippen molar-refractivity contribution in [2.24, 2.45) is 0 Å². The number of halogens is 10. The van der Waals surface area contributed by atoms with Crippen LogP contribution in [0.15, 0.2) is 0 Å². The first-order chi connectivity index (χ1) is 8.87. The second-order valence-electron chi connectivity index (χ2n) is 3.33. The second-order valence-corrected chi connectivity index (χ2v) is 5.14. The minimum atomic E-state index is -7.48. The Morgan fingerprint density at radius 1 is 0.952 bits per heavy atom. The highest BCUT2D eigenvalue weighted by molar-refractivity contribution is 7.87. The second kappa shape index (κ2) is 5.46. The van der Waals surface area contributed by atoms with Crippen LogP contribution in [0, 0.1) is 0 Å². The van der Waals surface area contributed by atoms with E-state index in [-0.39, 0.29) is 0 Å². The van der Waals surface area contributed by atoms with Gasteiger partial charge in [-0.3, -0.25) is 4.79 Å².